The minimum absolute atomic E-state index is 0.00378. The maximum atomic E-state index is 14.9. The van der Waals surface area contributed by atoms with E-state index < -0.39 is 80.0 Å². The monoisotopic (exact) mass is 813 g/mol. The molecule has 4 aliphatic rings. The fourth-order valence-electron chi connectivity index (χ4n) is 8.70. The number of Topliss-reactive ketones (excluding diaryl/α,β-unsaturated/α-hetero) is 1. The van der Waals surface area contributed by atoms with Gasteiger partial charge in [0.25, 0.3) is 0 Å². The van der Waals surface area contributed by atoms with Crippen LogP contribution in [0.4, 0.5) is 4.39 Å². The Balaban J connectivity index is 1.35. The number of aromatic nitrogens is 1. The summed E-state index contributed by atoms with van der Waals surface area (Å²) in [6, 6.07) is 6.36. The molecule has 57 heavy (non-hydrogen) atoms. The SMILES string of the molecule is COCC(C)(C)OC(=O)C[C@@H]1C(=O)N2C[C@H](Oc3ncc(OC)c4ccccc34)C[C@H]2C(=O)C[C@]2(C(=O)NS(=O)(=O)C3(CF)CC3)C[C@H]2/C=C\CC[C@H](C)C[C@H]1C. The number of nitrogens with one attached hydrogen (secondary N) is 1. The Morgan fingerprint density at radius 2 is 1.81 bits per heavy atom. The topological polar surface area (TPSA) is 168 Å². The molecule has 1 N–H and O–H groups in total. The van der Waals surface area contributed by atoms with E-state index in [1.807, 2.05) is 43.3 Å². The summed E-state index contributed by atoms with van der Waals surface area (Å²) in [5, 5.41) is 1.44. The molecule has 2 saturated carbocycles. The van der Waals surface area contributed by atoms with Crippen LogP contribution in [0.3, 0.4) is 0 Å². The number of alkyl halides is 1. The van der Waals surface area contributed by atoms with E-state index in [9.17, 15) is 32.0 Å². The summed E-state index contributed by atoms with van der Waals surface area (Å²) in [6.45, 7) is 6.51. The van der Waals surface area contributed by atoms with Gasteiger partial charge in [-0.3, -0.25) is 23.9 Å². The third-order valence-electron chi connectivity index (χ3n) is 12.3. The summed E-state index contributed by atoms with van der Waals surface area (Å²) in [5.74, 6) is -2.81. The van der Waals surface area contributed by atoms with Crippen molar-refractivity contribution in [2.24, 2.45) is 29.1 Å². The van der Waals surface area contributed by atoms with Crippen LogP contribution in [0.5, 0.6) is 11.6 Å². The van der Waals surface area contributed by atoms with Gasteiger partial charge in [-0.05, 0) is 76.2 Å². The Morgan fingerprint density at radius 1 is 1.09 bits per heavy atom. The molecule has 1 aromatic heterocycles. The van der Waals surface area contributed by atoms with Gasteiger partial charge >= 0.3 is 5.97 Å². The highest BCUT2D eigenvalue weighted by Gasteiger charge is 2.63. The van der Waals surface area contributed by atoms with Crippen LogP contribution in [0.25, 0.3) is 10.8 Å². The third kappa shape index (κ3) is 8.99. The number of fused-ring (bicyclic) bond motifs is 3. The van der Waals surface area contributed by atoms with Crippen molar-refractivity contribution in [3.63, 3.8) is 0 Å². The van der Waals surface area contributed by atoms with Gasteiger partial charge in [0, 0.05) is 30.7 Å². The highest BCUT2D eigenvalue weighted by molar-refractivity contribution is 7.91. The normalized spacial score (nSPS) is 29.6. The zero-order valence-electron chi connectivity index (χ0n) is 33.8. The number of pyridine rings is 1. The molecule has 6 rings (SSSR count). The molecule has 0 unspecified atom stereocenters. The first-order valence-corrected chi connectivity index (χ1v) is 21.4. The van der Waals surface area contributed by atoms with Gasteiger partial charge in [0.2, 0.25) is 27.7 Å². The molecular formula is C42H56FN3O10S. The molecule has 2 amide bonds. The number of carbonyl (C=O) groups excluding carboxylic acids is 4. The number of halogens is 1. The molecular weight excluding hydrogens is 758 g/mol. The lowest BCUT2D eigenvalue weighted by Gasteiger charge is -2.33. The molecule has 0 bridgehead atoms. The molecule has 15 heteroatoms. The van der Waals surface area contributed by atoms with Crippen LogP contribution in [0.15, 0.2) is 42.6 Å². The highest BCUT2D eigenvalue weighted by atomic mass is 32.2. The van der Waals surface area contributed by atoms with Crippen molar-refractivity contribution in [2.75, 3.05) is 34.0 Å². The lowest BCUT2D eigenvalue weighted by Crippen LogP contribution is -2.48. The van der Waals surface area contributed by atoms with Crippen molar-refractivity contribution in [3.05, 3.63) is 42.6 Å². The Kier molecular flexibility index (Phi) is 12.4. The maximum absolute atomic E-state index is 14.9. The second-order valence-corrected chi connectivity index (χ2v) is 19.4. The van der Waals surface area contributed by atoms with E-state index in [0.717, 1.165) is 11.8 Å². The van der Waals surface area contributed by atoms with Gasteiger partial charge in [-0.15, -0.1) is 0 Å². The fraction of sp³-hybridized carbons (Fsp3) is 0.643. The molecule has 7 atom stereocenters. The van der Waals surface area contributed by atoms with Crippen LogP contribution in [0, 0.1) is 29.1 Å². The Morgan fingerprint density at radius 3 is 2.47 bits per heavy atom. The first-order valence-electron chi connectivity index (χ1n) is 19.9. The van der Waals surface area contributed by atoms with Crippen LogP contribution in [0.2, 0.25) is 0 Å². The maximum Gasteiger partial charge on any atom is 0.307 e. The van der Waals surface area contributed by atoms with Gasteiger partial charge in [-0.1, -0.05) is 44.2 Å². The standard InChI is InChI=1S/C42H56FN3O10S/c1-26-11-7-8-12-28-20-42(28,39(50)45-57(51,52)41(24-43)15-16-41)21-34(47)33-18-29(55-37-31-14-10-9-13-30(31)35(54-6)22-44-37)23-46(33)38(49)32(27(2)17-26)19-36(48)56-40(3,4)25-53-5/h8-10,12-14,22,26-29,32-33H,7,11,15-21,23-25H2,1-6H3,(H,45,50)/b12-8-/t26-,27+,28+,29+,32-,33-,42+/m0/s1. The second kappa shape index (κ2) is 16.6. The van der Waals surface area contributed by atoms with Crippen molar-refractivity contribution in [1.82, 2.24) is 14.6 Å². The van der Waals surface area contributed by atoms with Gasteiger partial charge < -0.3 is 23.8 Å². The number of ether oxygens (including phenoxy) is 4. The van der Waals surface area contributed by atoms with Crippen molar-refractivity contribution < 1.29 is 50.9 Å². The predicted octanol–water partition coefficient (Wildman–Crippen LogP) is 5.49. The van der Waals surface area contributed by atoms with Crippen molar-refractivity contribution >= 4 is 44.4 Å². The molecule has 1 aromatic carbocycles. The lowest BCUT2D eigenvalue weighted by molar-refractivity contribution is -0.165. The van der Waals surface area contributed by atoms with E-state index in [0.29, 0.717) is 24.0 Å². The van der Waals surface area contributed by atoms with Crippen LogP contribution >= 0.6 is 0 Å². The number of sulfonamides is 1. The van der Waals surface area contributed by atoms with E-state index in [-0.39, 0.29) is 69.4 Å². The minimum Gasteiger partial charge on any atom is -0.494 e. The third-order valence-corrected chi connectivity index (χ3v) is 14.4. The van der Waals surface area contributed by atoms with Crippen molar-refractivity contribution in [2.45, 2.75) is 108 Å². The van der Waals surface area contributed by atoms with Crippen LogP contribution in [-0.2, 0) is 38.7 Å². The molecule has 13 nitrogen and oxygen atoms in total. The van der Waals surface area contributed by atoms with Crippen molar-refractivity contribution in [3.8, 4) is 11.6 Å². The number of carbonyl (C=O) groups is 4. The zero-order chi connectivity index (χ0) is 41.3. The molecule has 2 aliphatic heterocycles. The Labute approximate surface area is 334 Å². The van der Waals surface area contributed by atoms with Crippen molar-refractivity contribution in [1.29, 1.82) is 0 Å². The van der Waals surface area contributed by atoms with Crippen LogP contribution in [-0.4, -0.2) is 98.4 Å². The molecule has 0 radical (unpaired) electrons. The molecule has 3 heterocycles. The molecule has 312 valence electrons. The van der Waals surface area contributed by atoms with Gasteiger partial charge in [-0.2, -0.15) is 0 Å². The summed E-state index contributed by atoms with van der Waals surface area (Å²) >= 11 is 0. The summed E-state index contributed by atoms with van der Waals surface area (Å²) in [4.78, 5) is 63.1. The molecule has 1 saturated heterocycles. The van der Waals surface area contributed by atoms with Crippen LogP contribution < -0.4 is 14.2 Å². The summed E-state index contributed by atoms with van der Waals surface area (Å²) in [7, 11) is -1.29. The lowest BCUT2D eigenvalue weighted by atomic mass is 9.82. The minimum atomic E-state index is -4.35. The van der Waals surface area contributed by atoms with E-state index in [1.165, 1.54) is 12.0 Å². The summed E-state index contributed by atoms with van der Waals surface area (Å²) in [6.07, 6.45) is 6.65. The van der Waals surface area contributed by atoms with Gasteiger partial charge in [0.1, 0.15) is 28.9 Å². The van der Waals surface area contributed by atoms with E-state index >= 15 is 0 Å². The number of benzene rings is 1. The number of hydrogen-bond donors (Lipinski definition) is 1. The molecule has 2 aromatic rings. The number of allylic oxidation sites excluding steroid dienone is 2. The fourth-order valence-corrected chi connectivity index (χ4v) is 10.1. The van der Waals surface area contributed by atoms with Gasteiger partial charge in [-0.25, -0.2) is 17.8 Å². The number of amides is 2. The first-order chi connectivity index (χ1) is 27.0. The quantitative estimate of drug-likeness (QED) is 0.213. The number of methoxy groups -OCH3 is 2. The Hall–Kier alpha value is -4.11. The number of esters is 1. The Bertz CT molecular complexity index is 2000. The number of hydrogen-bond acceptors (Lipinski definition) is 11. The van der Waals surface area contributed by atoms with E-state index in [2.05, 4.69) is 16.6 Å². The van der Waals surface area contributed by atoms with E-state index in [4.69, 9.17) is 18.9 Å². The van der Waals surface area contributed by atoms with Gasteiger partial charge in [0.05, 0.1) is 50.3 Å². The first kappa shape index (κ1) is 42.5. The largest absolute Gasteiger partial charge is 0.494 e. The van der Waals surface area contributed by atoms with Crippen LogP contribution in [0.1, 0.15) is 85.5 Å². The summed E-state index contributed by atoms with van der Waals surface area (Å²) in [5.41, 5.74) is -2.34. The average Bonchev–Trinajstić information content (AvgIpc) is 4.06. The summed E-state index contributed by atoms with van der Waals surface area (Å²) < 4.78 is 63.9. The second-order valence-electron chi connectivity index (χ2n) is 17.3. The molecule has 3 fully saturated rings. The average molecular weight is 814 g/mol. The molecule has 0 spiro atoms. The number of nitrogens with zero attached hydrogens (tertiary/aromatic N) is 2. The number of rotatable bonds is 12. The smallest absolute Gasteiger partial charge is 0.307 e. The number of ketones is 1. The van der Waals surface area contributed by atoms with Gasteiger partial charge in [0.15, 0.2) is 5.78 Å². The molecule has 2 aliphatic carbocycles. The van der Waals surface area contributed by atoms with E-state index in [1.54, 1.807) is 27.2 Å². The zero-order valence-corrected chi connectivity index (χ0v) is 34.6. The highest BCUT2D eigenvalue weighted by Crippen LogP contribution is 2.58. The predicted molar refractivity (Wildman–Crippen MR) is 209 cm³/mol.